The summed E-state index contributed by atoms with van der Waals surface area (Å²) in [6.45, 7) is 5.84. The fourth-order valence-electron chi connectivity index (χ4n) is 3.09. The maximum atomic E-state index is 12.4. The average Bonchev–Trinajstić information content (AvgIpc) is 3.04. The fourth-order valence-corrected chi connectivity index (χ4v) is 3.09. The standard InChI is InChI=1S/C18H22N4O3/c1-14-3-2-4-15(11-14)12-20-7-9-21(10-8-20)17(23)13-22-16(18(24)25)5-6-19-22/h2-6,11H,7-10,12-13H2,1H3,(H,24,25). The van der Waals surface area contributed by atoms with Crippen molar-refractivity contribution in [1.82, 2.24) is 19.6 Å². The molecule has 2 aromatic rings. The van der Waals surface area contributed by atoms with Crippen molar-refractivity contribution in [2.24, 2.45) is 0 Å². The highest BCUT2D eigenvalue weighted by Gasteiger charge is 2.22. The second kappa shape index (κ2) is 7.48. The molecule has 132 valence electrons. The minimum Gasteiger partial charge on any atom is -0.477 e. The van der Waals surface area contributed by atoms with Gasteiger partial charge in [0.2, 0.25) is 5.91 Å². The molecule has 1 N–H and O–H groups in total. The van der Waals surface area contributed by atoms with Gasteiger partial charge in [0.05, 0.1) is 0 Å². The highest BCUT2D eigenvalue weighted by molar-refractivity contribution is 5.86. The average molecular weight is 342 g/mol. The molecule has 0 aliphatic carbocycles. The first-order valence-electron chi connectivity index (χ1n) is 8.34. The number of piperazine rings is 1. The molecule has 0 atom stereocenters. The van der Waals surface area contributed by atoms with Crippen LogP contribution in [-0.2, 0) is 17.9 Å². The van der Waals surface area contributed by atoms with E-state index in [1.165, 1.54) is 28.1 Å². The summed E-state index contributed by atoms with van der Waals surface area (Å²) in [6.07, 6.45) is 1.40. The van der Waals surface area contributed by atoms with Crippen LogP contribution < -0.4 is 0 Å². The fraction of sp³-hybridized carbons (Fsp3) is 0.389. The number of aromatic carboxylic acids is 1. The Bertz CT molecular complexity index is 763. The molecule has 3 rings (SSSR count). The van der Waals surface area contributed by atoms with Crippen LogP contribution in [0.5, 0.6) is 0 Å². The third-order valence-electron chi connectivity index (χ3n) is 4.43. The Morgan fingerprint density at radius 2 is 1.92 bits per heavy atom. The summed E-state index contributed by atoms with van der Waals surface area (Å²) in [4.78, 5) is 27.6. The lowest BCUT2D eigenvalue weighted by Crippen LogP contribution is -2.49. The van der Waals surface area contributed by atoms with Gasteiger partial charge in [-0.25, -0.2) is 9.48 Å². The van der Waals surface area contributed by atoms with Gasteiger partial charge in [-0.1, -0.05) is 29.8 Å². The molecule has 2 heterocycles. The first-order chi connectivity index (χ1) is 12.0. The number of carbonyl (C=O) groups is 2. The lowest BCUT2D eigenvalue weighted by atomic mass is 10.1. The summed E-state index contributed by atoms with van der Waals surface area (Å²) in [6, 6.07) is 9.85. The van der Waals surface area contributed by atoms with Crippen LogP contribution in [0.25, 0.3) is 0 Å². The zero-order valence-electron chi connectivity index (χ0n) is 14.3. The molecule has 0 saturated carbocycles. The molecule has 1 amide bonds. The van der Waals surface area contributed by atoms with Crippen molar-refractivity contribution in [3.8, 4) is 0 Å². The van der Waals surface area contributed by atoms with Crippen LogP contribution in [0.2, 0.25) is 0 Å². The van der Waals surface area contributed by atoms with Crippen LogP contribution in [0, 0.1) is 6.92 Å². The number of carbonyl (C=O) groups excluding carboxylic acids is 1. The predicted molar refractivity (Wildman–Crippen MR) is 92.2 cm³/mol. The van der Waals surface area contributed by atoms with E-state index >= 15 is 0 Å². The molecule has 1 aromatic heterocycles. The number of amides is 1. The first-order valence-corrected chi connectivity index (χ1v) is 8.34. The van der Waals surface area contributed by atoms with Crippen molar-refractivity contribution in [2.45, 2.75) is 20.0 Å². The lowest BCUT2D eigenvalue weighted by molar-refractivity contribution is -0.133. The SMILES string of the molecule is Cc1cccc(CN2CCN(C(=O)Cn3nccc3C(=O)O)CC2)c1. The first kappa shape index (κ1) is 17.2. The third kappa shape index (κ3) is 4.24. The van der Waals surface area contributed by atoms with Crippen molar-refractivity contribution in [1.29, 1.82) is 0 Å². The molecule has 0 unspecified atom stereocenters. The third-order valence-corrected chi connectivity index (χ3v) is 4.43. The van der Waals surface area contributed by atoms with Crippen LogP contribution in [0.15, 0.2) is 36.5 Å². The number of aryl methyl sites for hydroxylation is 1. The molecule has 1 saturated heterocycles. The molecule has 0 bridgehead atoms. The van der Waals surface area contributed by atoms with Gasteiger partial charge in [-0.2, -0.15) is 5.10 Å². The van der Waals surface area contributed by atoms with Crippen LogP contribution in [0.1, 0.15) is 21.6 Å². The van der Waals surface area contributed by atoms with Crippen molar-refractivity contribution < 1.29 is 14.7 Å². The molecular weight excluding hydrogens is 320 g/mol. The predicted octanol–water partition coefficient (Wildman–Crippen LogP) is 1.23. The number of nitrogens with zero attached hydrogens (tertiary/aromatic N) is 4. The highest BCUT2D eigenvalue weighted by Crippen LogP contribution is 2.11. The van der Waals surface area contributed by atoms with E-state index in [4.69, 9.17) is 5.11 Å². The van der Waals surface area contributed by atoms with Gasteiger partial charge in [-0.15, -0.1) is 0 Å². The van der Waals surface area contributed by atoms with Gasteiger partial charge in [0.1, 0.15) is 12.2 Å². The Kier molecular flexibility index (Phi) is 5.14. The van der Waals surface area contributed by atoms with E-state index in [-0.39, 0.29) is 18.1 Å². The smallest absolute Gasteiger partial charge is 0.354 e. The molecule has 7 nitrogen and oxygen atoms in total. The number of carboxylic acid groups (broad SMARTS) is 1. The summed E-state index contributed by atoms with van der Waals surface area (Å²) in [5.74, 6) is -1.17. The van der Waals surface area contributed by atoms with Crippen LogP contribution in [-0.4, -0.2) is 62.7 Å². The summed E-state index contributed by atoms with van der Waals surface area (Å²) in [5.41, 5.74) is 2.56. The minimum absolute atomic E-state index is 0.0337. The zero-order valence-corrected chi connectivity index (χ0v) is 14.3. The maximum absolute atomic E-state index is 12.4. The van der Waals surface area contributed by atoms with Gasteiger partial charge in [0, 0.05) is 38.9 Å². The maximum Gasteiger partial charge on any atom is 0.354 e. The number of hydrogen-bond acceptors (Lipinski definition) is 4. The van der Waals surface area contributed by atoms with Gasteiger partial charge < -0.3 is 10.0 Å². The Balaban J connectivity index is 1.52. The van der Waals surface area contributed by atoms with Crippen molar-refractivity contribution in [3.63, 3.8) is 0 Å². The zero-order chi connectivity index (χ0) is 17.8. The number of hydrogen-bond donors (Lipinski definition) is 1. The van der Waals surface area contributed by atoms with Crippen LogP contribution in [0.3, 0.4) is 0 Å². The van der Waals surface area contributed by atoms with E-state index in [9.17, 15) is 9.59 Å². The van der Waals surface area contributed by atoms with Crippen molar-refractivity contribution >= 4 is 11.9 Å². The Labute approximate surface area is 146 Å². The molecule has 0 spiro atoms. The number of carboxylic acids is 1. The van der Waals surface area contributed by atoms with Crippen LogP contribution in [0.4, 0.5) is 0 Å². The van der Waals surface area contributed by atoms with E-state index < -0.39 is 5.97 Å². The van der Waals surface area contributed by atoms with Crippen LogP contribution >= 0.6 is 0 Å². The number of benzene rings is 1. The van der Waals surface area contributed by atoms with E-state index in [0.717, 1.165) is 19.6 Å². The molecule has 1 aliphatic heterocycles. The number of aromatic nitrogens is 2. The molecule has 25 heavy (non-hydrogen) atoms. The Hall–Kier alpha value is -2.67. The number of rotatable bonds is 5. The van der Waals surface area contributed by atoms with Gasteiger partial charge in [0.25, 0.3) is 0 Å². The largest absolute Gasteiger partial charge is 0.477 e. The summed E-state index contributed by atoms with van der Waals surface area (Å²) < 4.78 is 1.24. The molecule has 1 fully saturated rings. The Morgan fingerprint density at radius 1 is 1.16 bits per heavy atom. The van der Waals surface area contributed by atoms with Crippen molar-refractivity contribution in [3.05, 3.63) is 53.3 Å². The second-order valence-electron chi connectivity index (χ2n) is 6.33. The van der Waals surface area contributed by atoms with Gasteiger partial charge in [0.15, 0.2) is 0 Å². The lowest BCUT2D eigenvalue weighted by Gasteiger charge is -2.34. The van der Waals surface area contributed by atoms with E-state index in [1.54, 1.807) is 4.90 Å². The summed E-state index contributed by atoms with van der Waals surface area (Å²) in [7, 11) is 0. The highest BCUT2D eigenvalue weighted by atomic mass is 16.4. The van der Waals surface area contributed by atoms with Gasteiger partial charge in [-0.3, -0.25) is 9.69 Å². The van der Waals surface area contributed by atoms with E-state index in [1.807, 2.05) is 0 Å². The molecule has 0 radical (unpaired) electrons. The topological polar surface area (TPSA) is 78.7 Å². The molecule has 1 aromatic carbocycles. The molecule has 1 aliphatic rings. The molecular formula is C18H22N4O3. The quantitative estimate of drug-likeness (QED) is 0.884. The molecule has 7 heteroatoms. The minimum atomic E-state index is -1.08. The van der Waals surface area contributed by atoms with E-state index in [0.29, 0.717) is 13.1 Å². The summed E-state index contributed by atoms with van der Waals surface area (Å²) in [5, 5.41) is 13.0. The van der Waals surface area contributed by atoms with Gasteiger partial charge >= 0.3 is 5.97 Å². The second-order valence-corrected chi connectivity index (χ2v) is 6.33. The van der Waals surface area contributed by atoms with Crippen molar-refractivity contribution in [2.75, 3.05) is 26.2 Å². The van der Waals surface area contributed by atoms with E-state index in [2.05, 4.69) is 41.2 Å². The Morgan fingerprint density at radius 3 is 2.60 bits per heavy atom. The normalized spacial score (nSPS) is 15.3. The summed E-state index contributed by atoms with van der Waals surface area (Å²) >= 11 is 0. The monoisotopic (exact) mass is 342 g/mol. The van der Waals surface area contributed by atoms with Gasteiger partial charge in [-0.05, 0) is 18.6 Å².